The van der Waals surface area contributed by atoms with Gasteiger partial charge in [-0.05, 0) is 50.3 Å². The molecule has 2 aromatic rings. The van der Waals surface area contributed by atoms with Crippen LogP contribution in [0.25, 0.3) is 10.9 Å². The Morgan fingerprint density at radius 2 is 1.81 bits per heavy atom. The number of benzene rings is 1. The summed E-state index contributed by atoms with van der Waals surface area (Å²) >= 11 is 0. The van der Waals surface area contributed by atoms with Crippen molar-refractivity contribution in [2.24, 2.45) is 11.8 Å². The van der Waals surface area contributed by atoms with E-state index in [-0.39, 0.29) is 36.1 Å². The average Bonchev–Trinajstić information content (AvgIpc) is 3.56. The minimum Gasteiger partial charge on any atom is -0.496 e. The highest BCUT2D eigenvalue weighted by Gasteiger charge is 2.34. The Bertz CT molecular complexity index is 1350. The number of carbonyl (C=O) groups is 5. The highest BCUT2D eigenvalue weighted by atomic mass is 31.2. The molecule has 6 N–H and O–H groups in total. The molecule has 1 aromatic carbocycles. The molecular weight excluding hydrogens is 583 g/mol. The maximum Gasteiger partial charge on any atom is 0.470 e. The lowest BCUT2D eigenvalue weighted by molar-refractivity contribution is -0.131. The lowest BCUT2D eigenvalue weighted by Crippen LogP contribution is -2.53. The summed E-state index contributed by atoms with van der Waals surface area (Å²) < 4.78 is 20.7. The van der Waals surface area contributed by atoms with Crippen LogP contribution in [0.1, 0.15) is 63.9 Å². The lowest BCUT2D eigenvalue weighted by Gasteiger charge is -2.25. The molecule has 0 bridgehead atoms. The van der Waals surface area contributed by atoms with Crippen LogP contribution in [0.2, 0.25) is 0 Å². The Labute approximate surface area is 249 Å². The molecule has 0 saturated carbocycles. The maximum absolute atomic E-state index is 13.3. The number of fused-ring (bicyclic) bond motifs is 1. The van der Waals surface area contributed by atoms with Gasteiger partial charge in [-0.2, -0.15) is 0 Å². The molecule has 238 valence electrons. The standard InChI is InChI=1S/C24H33N4O9P.C4H8O/c1-13(2)9-18(28-24(32)19-11-15-16(26-19)5-4-6-21(15)36-3)23(31)27-17(10-14-7-8-25-22(14)30)20(29)12-37-38(33,34)35;1-3-4(2)5/h4-6,11,13-14,17-18,26H,7-10,12H2,1-3H3,(H,25,30)(H,27,31)(H,28,32)(H2,33,34,35);3H2,1-2H3/t14-,17?,18?;/m0./s1. The first kappa shape index (κ1) is 35.6. The number of phosphoric ester groups is 1. The lowest BCUT2D eigenvalue weighted by atomic mass is 9.95. The minimum atomic E-state index is -4.93. The van der Waals surface area contributed by atoms with E-state index >= 15 is 0 Å². The second-order valence-electron chi connectivity index (χ2n) is 10.6. The molecule has 3 amide bonds. The van der Waals surface area contributed by atoms with Crippen molar-refractivity contribution in [1.82, 2.24) is 20.9 Å². The number of H-pyrrole nitrogens is 1. The molecule has 3 atom stereocenters. The zero-order chi connectivity index (χ0) is 32.3. The van der Waals surface area contributed by atoms with E-state index < -0.39 is 50.0 Å². The van der Waals surface area contributed by atoms with Crippen LogP contribution in [0.4, 0.5) is 0 Å². The number of hydrogen-bond donors (Lipinski definition) is 6. The van der Waals surface area contributed by atoms with E-state index in [1.807, 2.05) is 20.8 Å². The van der Waals surface area contributed by atoms with Gasteiger partial charge in [-0.1, -0.05) is 26.8 Å². The molecule has 0 radical (unpaired) electrons. The number of rotatable bonds is 14. The van der Waals surface area contributed by atoms with Crippen molar-refractivity contribution in [3.05, 3.63) is 30.0 Å². The molecule has 43 heavy (non-hydrogen) atoms. The third-order valence-corrected chi connectivity index (χ3v) is 7.14. The van der Waals surface area contributed by atoms with Gasteiger partial charge < -0.3 is 40.3 Å². The van der Waals surface area contributed by atoms with Crippen molar-refractivity contribution in [3.63, 3.8) is 0 Å². The van der Waals surface area contributed by atoms with Crippen molar-refractivity contribution >= 4 is 48.0 Å². The van der Waals surface area contributed by atoms with Crippen LogP contribution < -0.4 is 20.7 Å². The number of aromatic nitrogens is 1. The van der Waals surface area contributed by atoms with Crippen LogP contribution >= 0.6 is 7.82 Å². The predicted molar refractivity (Wildman–Crippen MR) is 157 cm³/mol. The zero-order valence-electron chi connectivity index (χ0n) is 25.0. The molecule has 1 saturated heterocycles. The van der Waals surface area contributed by atoms with Crippen molar-refractivity contribution in [2.75, 3.05) is 20.3 Å². The topological polar surface area (TPSA) is 213 Å². The first-order valence-corrected chi connectivity index (χ1v) is 15.4. The van der Waals surface area contributed by atoms with Gasteiger partial charge in [0.15, 0.2) is 5.78 Å². The van der Waals surface area contributed by atoms with Gasteiger partial charge in [0.2, 0.25) is 11.8 Å². The molecule has 3 rings (SSSR count). The number of ether oxygens (including phenoxy) is 1. The van der Waals surface area contributed by atoms with Crippen molar-refractivity contribution < 1.29 is 47.6 Å². The Morgan fingerprint density at radius 1 is 1.14 bits per heavy atom. The number of nitrogens with one attached hydrogen (secondary N) is 4. The molecule has 2 unspecified atom stereocenters. The first-order chi connectivity index (χ1) is 20.1. The monoisotopic (exact) mass is 624 g/mol. The van der Waals surface area contributed by atoms with Gasteiger partial charge >= 0.3 is 7.82 Å². The van der Waals surface area contributed by atoms with E-state index in [9.17, 15) is 28.5 Å². The second-order valence-corrected chi connectivity index (χ2v) is 11.9. The minimum absolute atomic E-state index is 0.0124. The molecule has 14 nitrogen and oxygen atoms in total. The molecule has 0 spiro atoms. The first-order valence-electron chi connectivity index (χ1n) is 13.9. The van der Waals surface area contributed by atoms with Gasteiger partial charge in [0, 0.05) is 29.8 Å². The second kappa shape index (κ2) is 16.3. The molecular formula is C28H41N4O10P. The van der Waals surface area contributed by atoms with E-state index in [2.05, 4.69) is 25.5 Å². The van der Waals surface area contributed by atoms with Crippen LogP contribution in [0.3, 0.4) is 0 Å². The van der Waals surface area contributed by atoms with Crippen LogP contribution in [0.5, 0.6) is 5.75 Å². The Hall–Kier alpha value is -3.58. The fourth-order valence-corrected chi connectivity index (χ4v) is 4.61. The number of Topliss-reactive ketones (excluding diaryl/α,β-unsaturated/α-hetero) is 2. The summed E-state index contributed by atoms with van der Waals surface area (Å²) in [7, 11) is -3.42. The van der Waals surface area contributed by atoms with Crippen LogP contribution in [0, 0.1) is 11.8 Å². The highest BCUT2D eigenvalue weighted by molar-refractivity contribution is 7.46. The average molecular weight is 625 g/mol. The van der Waals surface area contributed by atoms with E-state index in [0.717, 1.165) is 0 Å². The highest BCUT2D eigenvalue weighted by Crippen LogP contribution is 2.35. The van der Waals surface area contributed by atoms with Gasteiger partial charge in [-0.15, -0.1) is 0 Å². The summed E-state index contributed by atoms with van der Waals surface area (Å²) in [5.41, 5.74) is 0.876. The fraction of sp³-hybridized carbons (Fsp3) is 0.536. The summed E-state index contributed by atoms with van der Waals surface area (Å²) in [6.07, 6.45) is 1.27. The van der Waals surface area contributed by atoms with Crippen molar-refractivity contribution in [3.8, 4) is 5.75 Å². The third-order valence-electron chi connectivity index (χ3n) is 6.68. The summed E-state index contributed by atoms with van der Waals surface area (Å²) in [5.74, 6) is -2.07. The SMILES string of the molecule is CCC(C)=O.COc1cccc2[nH]c(C(=O)NC(CC(C)C)C(=O)NC(C[C@@H]3CCNC3=O)C(=O)COP(=O)(O)O)cc12. The van der Waals surface area contributed by atoms with Crippen LogP contribution in [-0.4, -0.2) is 76.4 Å². The number of methoxy groups -OCH3 is 1. The summed E-state index contributed by atoms with van der Waals surface area (Å²) in [6.45, 7) is 6.61. The van der Waals surface area contributed by atoms with Gasteiger partial charge in [-0.25, -0.2) is 4.57 Å². The number of carbonyl (C=O) groups excluding carboxylic acids is 5. The number of amides is 3. The van der Waals surface area contributed by atoms with Gasteiger partial charge in [0.05, 0.1) is 13.2 Å². The molecule has 1 aliphatic rings. The van der Waals surface area contributed by atoms with E-state index in [1.165, 1.54) is 7.11 Å². The number of phosphoric acid groups is 1. The van der Waals surface area contributed by atoms with Crippen LogP contribution in [-0.2, 0) is 28.3 Å². The van der Waals surface area contributed by atoms with Gasteiger partial charge in [-0.3, -0.25) is 23.7 Å². The largest absolute Gasteiger partial charge is 0.496 e. The summed E-state index contributed by atoms with van der Waals surface area (Å²) in [4.78, 5) is 81.9. The molecule has 1 aliphatic heterocycles. The smallest absolute Gasteiger partial charge is 0.470 e. The van der Waals surface area contributed by atoms with Crippen molar-refractivity contribution in [2.45, 2.75) is 65.5 Å². The number of aromatic amines is 1. The van der Waals surface area contributed by atoms with E-state index in [1.54, 1.807) is 31.2 Å². The number of hydrogen-bond acceptors (Lipinski definition) is 8. The normalized spacial score (nSPS) is 16.1. The third kappa shape index (κ3) is 11.6. The molecule has 1 fully saturated rings. The number of ketones is 2. The van der Waals surface area contributed by atoms with Gasteiger partial charge in [0.25, 0.3) is 5.91 Å². The van der Waals surface area contributed by atoms with E-state index in [4.69, 9.17) is 14.5 Å². The Morgan fingerprint density at radius 3 is 2.35 bits per heavy atom. The van der Waals surface area contributed by atoms with Crippen LogP contribution in [0.15, 0.2) is 24.3 Å². The quantitative estimate of drug-likeness (QED) is 0.168. The zero-order valence-corrected chi connectivity index (χ0v) is 25.9. The Kier molecular flexibility index (Phi) is 13.5. The summed E-state index contributed by atoms with van der Waals surface area (Å²) in [6, 6.07) is 4.62. The maximum atomic E-state index is 13.3. The molecule has 1 aromatic heterocycles. The Balaban J connectivity index is 0.00000119. The fourth-order valence-electron chi connectivity index (χ4n) is 4.31. The molecule has 0 aliphatic carbocycles. The predicted octanol–water partition coefficient (Wildman–Crippen LogP) is 2.00. The molecule has 2 heterocycles. The summed E-state index contributed by atoms with van der Waals surface area (Å²) in [5, 5.41) is 8.60. The van der Waals surface area contributed by atoms with Crippen molar-refractivity contribution in [1.29, 1.82) is 0 Å². The molecule has 15 heteroatoms. The van der Waals surface area contributed by atoms with Gasteiger partial charge in [0.1, 0.15) is 29.9 Å². The van der Waals surface area contributed by atoms with E-state index in [0.29, 0.717) is 36.0 Å².